The Kier molecular flexibility index (Phi) is 5.83. The third-order valence-corrected chi connectivity index (χ3v) is 6.44. The van der Waals surface area contributed by atoms with Crippen LogP contribution in [0.5, 0.6) is 0 Å². The van der Waals surface area contributed by atoms with Crippen LogP contribution in [0.1, 0.15) is 55.2 Å². The molecule has 3 atom stereocenters. The number of benzene rings is 1. The summed E-state index contributed by atoms with van der Waals surface area (Å²) in [5.41, 5.74) is 1.35. The van der Waals surface area contributed by atoms with Crippen molar-refractivity contribution in [2.75, 3.05) is 11.9 Å². The maximum Gasteiger partial charge on any atom is 0.303 e. The number of rotatable bonds is 6. The molecule has 1 amide bonds. The fourth-order valence-electron chi connectivity index (χ4n) is 4.65. The van der Waals surface area contributed by atoms with E-state index >= 15 is 0 Å². The second-order valence-electron chi connectivity index (χ2n) is 8.60. The summed E-state index contributed by atoms with van der Waals surface area (Å²) in [5, 5.41) is 12.2. The van der Waals surface area contributed by atoms with Gasteiger partial charge in [0.05, 0.1) is 16.9 Å². The molecule has 7 nitrogen and oxygen atoms in total. The first kappa shape index (κ1) is 21.5. The predicted molar refractivity (Wildman–Crippen MR) is 114 cm³/mol. The highest BCUT2D eigenvalue weighted by molar-refractivity contribution is 6.30. The van der Waals surface area contributed by atoms with Gasteiger partial charge in [-0.1, -0.05) is 25.4 Å². The lowest BCUT2D eigenvalue weighted by Crippen LogP contribution is -2.41. The number of hydrogen-bond donors (Lipinski definition) is 2. The van der Waals surface area contributed by atoms with Gasteiger partial charge in [-0.15, -0.1) is 0 Å². The minimum atomic E-state index is -0.786. The molecule has 4 rings (SSSR count). The Hall–Kier alpha value is -2.74. The number of carboxylic acid groups (broad SMARTS) is 1. The summed E-state index contributed by atoms with van der Waals surface area (Å²) in [6.07, 6.45) is 3.15. The third kappa shape index (κ3) is 4.35. The molecule has 1 saturated heterocycles. The molecule has 2 aromatic rings. The zero-order chi connectivity index (χ0) is 22.3. The molecule has 1 saturated carbocycles. The number of hydrogen-bond acceptors (Lipinski definition) is 5. The average Bonchev–Trinajstić information content (AvgIpc) is 3.30. The summed E-state index contributed by atoms with van der Waals surface area (Å²) in [6.45, 7) is 4.45. The van der Waals surface area contributed by atoms with E-state index in [1.807, 2.05) is 13.8 Å². The molecule has 2 fully saturated rings. The second kappa shape index (κ2) is 8.42. The van der Waals surface area contributed by atoms with Crippen molar-refractivity contribution in [3.05, 3.63) is 46.6 Å². The first-order valence-corrected chi connectivity index (χ1v) is 10.7. The van der Waals surface area contributed by atoms with E-state index in [4.69, 9.17) is 16.7 Å². The van der Waals surface area contributed by atoms with E-state index in [-0.39, 0.29) is 46.8 Å². The standard InChI is InChI=1S/C22H24ClFN4O3/c1-11(2)20-21(26-14-3-4-16(23)17(24)8-14)25-9-18(27-20)22(31)28-10-13-6-15(28)5-12(13)7-19(29)30/h3-4,8-9,11-13,15H,5-7,10H2,1-2H3,(H,25,26)(H,29,30). The summed E-state index contributed by atoms with van der Waals surface area (Å²) in [7, 11) is 0. The number of aromatic nitrogens is 2. The van der Waals surface area contributed by atoms with Crippen molar-refractivity contribution in [1.82, 2.24) is 14.9 Å². The van der Waals surface area contributed by atoms with E-state index in [0.29, 0.717) is 23.7 Å². The van der Waals surface area contributed by atoms with Crippen molar-refractivity contribution < 1.29 is 19.1 Å². The van der Waals surface area contributed by atoms with Crippen molar-refractivity contribution in [3.8, 4) is 0 Å². The van der Waals surface area contributed by atoms with Crippen molar-refractivity contribution in [3.63, 3.8) is 0 Å². The summed E-state index contributed by atoms with van der Waals surface area (Å²) in [4.78, 5) is 34.9. The molecule has 2 bridgehead atoms. The number of amides is 1. The molecule has 1 aromatic heterocycles. The summed E-state index contributed by atoms with van der Waals surface area (Å²) in [6, 6.07) is 4.44. The minimum absolute atomic E-state index is 0.0186. The van der Waals surface area contributed by atoms with Crippen LogP contribution in [-0.4, -0.2) is 44.4 Å². The quantitative estimate of drug-likeness (QED) is 0.680. The van der Waals surface area contributed by atoms with E-state index in [0.717, 1.165) is 12.8 Å². The van der Waals surface area contributed by atoms with Gasteiger partial charge in [0.15, 0.2) is 5.82 Å². The monoisotopic (exact) mass is 446 g/mol. The number of nitrogens with one attached hydrogen (secondary N) is 1. The van der Waals surface area contributed by atoms with Crippen LogP contribution in [0.4, 0.5) is 15.9 Å². The highest BCUT2D eigenvalue weighted by Crippen LogP contribution is 2.44. The number of halogens is 2. The number of likely N-dealkylation sites (tertiary alicyclic amines) is 1. The highest BCUT2D eigenvalue weighted by Gasteiger charge is 2.47. The van der Waals surface area contributed by atoms with Gasteiger partial charge in [-0.2, -0.15) is 0 Å². The second-order valence-corrected chi connectivity index (χ2v) is 9.01. The molecular formula is C22H24ClFN4O3. The lowest BCUT2D eigenvalue weighted by molar-refractivity contribution is -0.138. The molecule has 1 aromatic carbocycles. The molecule has 1 aliphatic carbocycles. The molecule has 31 heavy (non-hydrogen) atoms. The molecule has 0 spiro atoms. The van der Waals surface area contributed by atoms with Crippen LogP contribution >= 0.6 is 11.6 Å². The first-order chi connectivity index (χ1) is 14.7. The minimum Gasteiger partial charge on any atom is -0.481 e. The summed E-state index contributed by atoms with van der Waals surface area (Å²) in [5.74, 6) is -0.708. The van der Waals surface area contributed by atoms with Gasteiger partial charge < -0.3 is 15.3 Å². The van der Waals surface area contributed by atoms with Crippen LogP contribution in [0.25, 0.3) is 0 Å². The third-order valence-electron chi connectivity index (χ3n) is 6.13. The number of piperidine rings is 1. The Balaban J connectivity index is 1.52. The molecule has 1 aliphatic heterocycles. The van der Waals surface area contributed by atoms with Gasteiger partial charge in [0.25, 0.3) is 5.91 Å². The average molecular weight is 447 g/mol. The van der Waals surface area contributed by atoms with Gasteiger partial charge in [0, 0.05) is 24.7 Å². The molecule has 2 heterocycles. The number of aliphatic carboxylic acids is 1. The van der Waals surface area contributed by atoms with Crippen molar-refractivity contribution in [2.24, 2.45) is 11.8 Å². The Morgan fingerprint density at radius 2 is 2.13 bits per heavy atom. The summed E-state index contributed by atoms with van der Waals surface area (Å²) < 4.78 is 13.8. The van der Waals surface area contributed by atoms with E-state index in [2.05, 4.69) is 15.3 Å². The van der Waals surface area contributed by atoms with Gasteiger partial charge in [-0.05, 0) is 48.8 Å². The maximum atomic E-state index is 13.8. The molecule has 2 aliphatic rings. The Bertz CT molecular complexity index is 1030. The molecule has 3 unspecified atom stereocenters. The fourth-order valence-corrected chi connectivity index (χ4v) is 4.76. The Morgan fingerprint density at radius 1 is 1.35 bits per heavy atom. The van der Waals surface area contributed by atoms with E-state index in [1.54, 1.807) is 11.0 Å². The smallest absolute Gasteiger partial charge is 0.303 e. The van der Waals surface area contributed by atoms with Crippen LogP contribution < -0.4 is 5.32 Å². The van der Waals surface area contributed by atoms with Crippen molar-refractivity contribution >= 4 is 35.0 Å². The normalized spacial score (nSPS) is 22.2. The maximum absolute atomic E-state index is 13.8. The first-order valence-electron chi connectivity index (χ1n) is 10.3. The van der Waals surface area contributed by atoms with Crippen LogP contribution in [0.15, 0.2) is 24.4 Å². The van der Waals surface area contributed by atoms with Crippen LogP contribution in [0.3, 0.4) is 0 Å². The number of anilines is 2. The van der Waals surface area contributed by atoms with Crippen LogP contribution in [-0.2, 0) is 4.79 Å². The number of carbonyl (C=O) groups is 2. The highest BCUT2D eigenvalue weighted by atomic mass is 35.5. The van der Waals surface area contributed by atoms with Gasteiger partial charge >= 0.3 is 5.97 Å². The van der Waals surface area contributed by atoms with E-state index in [9.17, 15) is 14.0 Å². The Labute approximate surface area is 184 Å². The van der Waals surface area contributed by atoms with Crippen LogP contribution in [0, 0.1) is 17.7 Å². The zero-order valence-corrected chi connectivity index (χ0v) is 18.1. The number of carboxylic acids is 1. The molecule has 164 valence electrons. The fraction of sp³-hybridized carbons (Fsp3) is 0.455. The lowest BCUT2D eigenvalue weighted by atomic mass is 9.91. The summed E-state index contributed by atoms with van der Waals surface area (Å²) >= 11 is 5.74. The SMILES string of the molecule is CC(C)c1nc(C(=O)N2CC3CC2CC3CC(=O)O)cnc1Nc1ccc(Cl)c(F)c1. The van der Waals surface area contributed by atoms with Gasteiger partial charge in [-0.3, -0.25) is 9.59 Å². The number of fused-ring (bicyclic) bond motifs is 2. The van der Waals surface area contributed by atoms with E-state index in [1.165, 1.54) is 18.3 Å². The lowest BCUT2D eigenvalue weighted by Gasteiger charge is -2.31. The topological polar surface area (TPSA) is 95.4 Å². The molecule has 9 heteroatoms. The molecular weight excluding hydrogens is 423 g/mol. The van der Waals surface area contributed by atoms with E-state index < -0.39 is 11.8 Å². The largest absolute Gasteiger partial charge is 0.481 e. The number of nitrogens with zero attached hydrogens (tertiary/aromatic N) is 3. The van der Waals surface area contributed by atoms with Crippen LogP contribution in [0.2, 0.25) is 5.02 Å². The molecule has 2 N–H and O–H groups in total. The number of carbonyl (C=O) groups excluding carboxylic acids is 1. The van der Waals surface area contributed by atoms with Crippen molar-refractivity contribution in [2.45, 2.75) is 45.1 Å². The predicted octanol–water partition coefficient (Wildman–Crippen LogP) is 4.46. The van der Waals surface area contributed by atoms with Gasteiger partial charge in [-0.25, -0.2) is 14.4 Å². The molecule has 0 radical (unpaired) electrons. The van der Waals surface area contributed by atoms with Gasteiger partial charge in [0.1, 0.15) is 11.5 Å². The van der Waals surface area contributed by atoms with Crippen molar-refractivity contribution in [1.29, 1.82) is 0 Å². The zero-order valence-electron chi connectivity index (χ0n) is 17.3. The van der Waals surface area contributed by atoms with Gasteiger partial charge in [0.2, 0.25) is 0 Å². The Morgan fingerprint density at radius 3 is 2.74 bits per heavy atom.